The summed E-state index contributed by atoms with van der Waals surface area (Å²) in [5.74, 6) is -1.33. The first-order valence-corrected chi connectivity index (χ1v) is 13.0. The number of benzene rings is 2. The number of pyridine rings is 1. The highest BCUT2D eigenvalue weighted by Gasteiger charge is 2.33. The summed E-state index contributed by atoms with van der Waals surface area (Å²) in [6.45, 7) is 3.46. The summed E-state index contributed by atoms with van der Waals surface area (Å²) in [4.78, 5) is 33.6. The number of ether oxygens (including phenoxy) is 1. The number of nitrogens with zero attached hydrogens (tertiary/aromatic N) is 2. The normalized spacial score (nSPS) is 16.9. The first-order chi connectivity index (χ1) is 18.4. The van der Waals surface area contributed by atoms with Gasteiger partial charge in [0.15, 0.2) is 0 Å². The zero-order chi connectivity index (χ0) is 26.4. The number of aromatic nitrogens is 1. The second-order valence-corrected chi connectivity index (χ2v) is 10.3. The van der Waals surface area contributed by atoms with E-state index in [4.69, 9.17) is 4.74 Å². The number of carbonyl (C=O) groups is 2. The van der Waals surface area contributed by atoms with Crippen molar-refractivity contribution in [2.24, 2.45) is 0 Å². The molecule has 194 valence electrons. The first kappa shape index (κ1) is 24.3. The summed E-state index contributed by atoms with van der Waals surface area (Å²) >= 11 is 1.24. The molecule has 0 aliphatic carbocycles. The molecule has 0 bridgehead atoms. The highest BCUT2D eigenvalue weighted by molar-refractivity contribution is 7.21. The molecule has 0 spiro atoms. The topological polar surface area (TPSA) is 95.6 Å². The van der Waals surface area contributed by atoms with E-state index in [1.165, 1.54) is 16.2 Å². The molecule has 2 aliphatic rings. The Morgan fingerprint density at radius 1 is 1.13 bits per heavy atom. The van der Waals surface area contributed by atoms with Crippen LogP contribution in [0.4, 0.5) is 30.6 Å². The lowest BCUT2D eigenvalue weighted by Crippen LogP contribution is -2.45. The Morgan fingerprint density at radius 3 is 2.68 bits per heavy atom. The number of aryl methyl sites for hydroxylation is 1. The van der Waals surface area contributed by atoms with Crippen LogP contribution in [0.15, 0.2) is 48.7 Å². The number of carbonyl (C=O) groups excluding carboxylic acids is 2. The number of halogens is 2. The fraction of sp³-hybridized carbons (Fsp3) is 0.222. The van der Waals surface area contributed by atoms with Gasteiger partial charge in [0.05, 0.1) is 22.4 Å². The van der Waals surface area contributed by atoms with Gasteiger partial charge in [-0.3, -0.25) is 9.69 Å². The third kappa shape index (κ3) is 4.44. The van der Waals surface area contributed by atoms with Crippen molar-refractivity contribution >= 4 is 50.6 Å². The van der Waals surface area contributed by atoms with Crippen LogP contribution >= 0.6 is 11.3 Å². The minimum atomic E-state index is -0.741. The molecule has 4 heterocycles. The van der Waals surface area contributed by atoms with Crippen molar-refractivity contribution in [1.29, 1.82) is 0 Å². The Hall–Kier alpha value is -4.09. The Morgan fingerprint density at radius 2 is 1.95 bits per heavy atom. The third-order valence-corrected chi connectivity index (χ3v) is 7.66. The molecule has 2 aliphatic heterocycles. The van der Waals surface area contributed by atoms with E-state index in [2.05, 4.69) is 20.9 Å². The molecule has 0 unspecified atom stereocenters. The van der Waals surface area contributed by atoms with Crippen LogP contribution in [-0.2, 0) is 0 Å². The van der Waals surface area contributed by atoms with Gasteiger partial charge in [0.2, 0.25) is 0 Å². The van der Waals surface area contributed by atoms with Crippen molar-refractivity contribution in [2.45, 2.75) is 25.8 Å². The van der Waals surface area contributed by atoms with Crippen LogP contribution in [0.2, 0.25) is 0 Å². The average Bonchev–Trinajstić information content (AvgIpc) is 3.25. The fourth-order valence-corrected chi connectivity index (χ4v) is 5.90. The maximum Gasteiger partial charge on any atom is 0.331 e. The Balaban J connectivity index is 1.33. The van der Waals surface area contributed by atoms with Gasteiger partial charge in [-0.15, -0.1) is 11.3 Å². The summed E-state index contributed by atoms with van der Waals surface area (Å²) < 4.78 is 32.8. The molecular weight excluding hydrogens is 512 g/mol. The molecule has 1 fully saturated rings. The van der Waals surface area contributed by atoms with Crippen molar-refractivity contribution in [3.05, 3.63) is 70.7 Å². The molecule has 11 heteroatoms. The number of hydrogen-bond acceptors (Lipinski definition) is 6. The molecule has 1 saturated heterocycles. The molecular formula is C27H23F2N5O3S. The monoisotopic (exact) mass is 535 g/mol. The number of rotatable bonds is 5. The lowest BCUT2D eigenvalue weighted by molar-refractivity contribution is 0.0935. The number of nitrogens with one attached hydrogen (secondary N) is 3. The lowest BCUT2D eigenvalue weighted by atomic mass is 10.1. The molecule has 2 aromatic carbocycles. The molecule has 38 heavy (non-hydrogen) atoms. The van der Waals surface area contributed by atoms with Gasteiger partial charge in [0, 0.05) is 37.0 Å². The third-order valence-electron chi connectivity index (χ3n) is 6.57. The van der Waals surface area contributed by atoms with Crippen LogP contribution in [0.5, 0.6) is 11.5 Å². The van der Waals surface area contributed by atoms with Crippen LogP contribution in [-0.4, -0.2) is 36.1 Å². The summed E-state index contributed by atoms with van der Waals surface area (Å²) in [7, 11) is 0. The number of hydrogen-bond donors (Lipinski definition) is 3. The van der Waals surface area contributed by atoms with Crippen molar-refractivity contribution in [1.82, 2.24) is 15.6 Å². The molecule has 0 radical (unpaired) electrons. The van der Waals surface area contributed by atoms with E-state index in [9.17, 15) is 18.4 Å². The van der Waals surface area contributed by atoms with E-state index >= 15 is 0 Å². The Bertz CT molecular complexity index is 1560. The number of piperidine rings is 1. The maximum atomic E-state index is 13.6. The first-order valence-electron chi connectivity index (χ1n) is 12.2. The average molecular weight is 536 g/mol. The van der Waals surface area contributed by atoms with Gasteiger partial charge in [-0.05, 0) is 56.1 Å². The van der Waals surface area contributed by atoms with Crippen molar-refractivity contribution in [3.8, 4) is 11.5 Å². The van der Waals surface area contributed by atoms with Crippen LogP contribution in [0.3, 0.4) is 0 Å². The fourth-order valence-electron chi connectivity index (χ4n) is 4.88. The molecule has 8 nitrogen and oxygen atoms in total. The van der Waals surface area contributed by atoms with E-state index in [0.717, 1.165) is 37.6 Å². The quantitative estimate of drug-likeness (QED) is 0.298. The molecule has 4 aromatic rings. The molecule has 2 aromatic heterocycles. The lowest BCUT2D eigenvalue weighted by Gasteiger charge is -2.30. The Kier molecular flexibility index (Phi) is 6.16. The van der Waals surface area contributed by atoms with Gasteiger partial charge in [-0.2, -0.15) is 0 Å². The maximum absolute atomic E-state index is 13.6. The van der Waals surface area contributed by atoms with E-state index in [1.807, 2.05) is 0 Å². The predicted molar refractivity (Wildman–Crippen MR) is 142 cm³/mol. The van der Waals surface area contributed by atoms with Crippen LogP contribution in [0.25, 0.3) is 10.2 Å². The van der Waals surface area contributed by atoms with Gasteiger partial charge in [-0.1, -0.05) is 0 Å². The van der Waals surface area contributed by atoms with Crippen molar-refractivity contribution < 1.29 is 23.1 Å². The highest BCUT2D eigenvalue weighted by atomic mass is 32.1. The number of urea groups is 1. The van der Waals surface area contributed by atoms with E-state index < -0.39 is 17.7 Å². The van der Waals surface area contributed by atoms with Crippen LogP contribution < -0.4 is 25.6 Å². The minimum absolute atomic E-state index is 0.0268. The van der Waals surface area contributed by atoms with Crippen LogP contribution in [0, 0.1) is 18.6 Å². The van der Waals surface area contributed by atoms with Crippen molar-refractivity contribution in [3.63, 3.8) is 0 Å². The standard InChI is InChI=1S/C27H23F2N5O3S/c1-14-9-18(37-19-11-15(28)10-16(29)12-19)4-5-20(14)34-21-6-8-31-26-22(21)23(33-27(34)36)24(38-26)25(35)32-17-3-2-7-30-13-17/h4-6,8-12,17,30H,2-3,7,13H2,1H3,(H,32,35)(H,33,36)/t17-/m1/s1. The summed E-state index contributed by atoms with van der Waals surface area (Å²) in [5.41, 5.74) is 2.35. The van der Waals surface area contributed by atoms with Gasteiger partial charge in [-0.25, -0.2) is 18.6 Å². The van der Waals surface area contributed by atoms with E-state index in [-0.39, 0.29) is 17.7 Å². The summed E-state index contributed by atoms with van der Waals surface area (Å²) in [6.07, 6.45) is 3.50. The summed E-state index contributed by atoms with van der Waals surface area (Å²) in [5, 5.41) is 9.95. The van der Waals surface area contributed by atoms with Gasteiger partial charge >= 0.3 is 6.03 Å². The number of anilines is 3. The van der Waals surface area contributed by atoms with Crippen LogP contribution in [0.1, 0.15) is 28.1 Å². The SMILES string of the molecule is Cc1cc(Oc2cc(F)cc(F)c2)ccc1N1C(=O)Nc2c(C(=O)N[C@@H]3CCCNC3)sc3nccc1c23. The van der Waals surface area contributed by atoms with Gasteiger partial charge in [0.1, 0.15) is 32.8 Å². The zero-order valence-electron chi connectivity index (χ0n) is 20.3. The highest BCUT2D eigenvalue weighted by Crippen LogP contribution is 2.46. The second kappa shape index (κ2) is 9.66. The second-order valence-electron chi connectivity index (χ2n) is 9.25. The molecule has 6 rings (SSSR count). The van der Waals surface area contributed by atoms with E-state index in [0.29, 0.717) is 50.0 Å². The van der Waals surface area contributed by atoms with Gasteiger partial charge < -0.3 is 20.7 Å². The zero-order valence-corrected chi connectivity index (χ0v) is 21.1. The minimum Gasteiger partial charge on any atom is -0.457 e. The number of amides is 3. The molecule has 3 amide bonds. The van der Waals surface area contributed by atoms with Gasteiger partial charge in [0.25, 0.3) is 5.91 Å². The Labute approximate surface area is 220 Å². The molecule has 3 N–H and O–H groups in total. The largest absolute Gasteiger partial charge is 0.457 e. The summed E-state index contributed by atoms with van der Waals surface area (Å²) in [6, 6.07) is 9.32. The van der Waals surface area contributed by atoms with Crippen molar-refractivity contribution in [2.75, 3.05) is 23.3 Å². The predicted octanol–water partition coefficient (Wildman–Crippen LogP) is 5.84. The molecule has 1 atom stereocenters. The number of thiophene rings is 1. The smallest absolute Gasteiger partial charge is 0.331 e. The van der Waals surface area contributed by atoms with E-state index in [1.54, 1.807) is 37.4 Å². The molecule has 0 saturated carbocycles.